The number of ether oxygens (including phenoxy) is 1. The van der Waals surface area contributed by atoms with E-state index in [4.69, 9.17) is 4.74 Å². The second-order valence-corrected chi connectivity index (χ2v) is 6.36. The lowest BCUT2D eigenvalue weighted by atomic mass is 9.94. The lowest BCUT2D eigenvalue weighted by Gasteiger charge is -2.15. The van der Waals surface area contributed by atoms with E-state index in [2.05, 4.69) is 10.6 Å². The van der Waals surface area contributed by atoms with Gasteiger partial charge in [-0.2, -0.15) is 0 Å². The summed E-state index contributed by atoms with van der Waals surface area (Å²) in [5, 5.41) is 5.61. The van der Waals surface area contributed by atoms with Crippen molar-refractivity contribution >= 4 is 17.5 Å². The number of anilines is 1. The highest BCUT2D eigenvalue weighted by molar-refractivity contribution is 6.11. The van der Waals surface area contributed by atoms with Crippen molar-refractivity contribution in [3.63, 3.8) is 0 Å². The molecule has 0 atom stereocenters. The SMILES string of the molecule is COc1cc(F)ccc1-c1ccc(NC(=O)c2ccccc2)c2c1CNC2=O. The van der Waals surface area contributed by atoms with Crippen LogP contribution in [-0.4, -0.2) is 18.9 Å². The molecule has 0 saturated carbocycles. The Labute approximate surface area is 161 Å². The smallest absolute Gasteiger partial charge is 0.255 e. The van der Waals surface area contributed by atoms with Gasteiger partial charge < -0.3 is 15.4 Å². The molecule has 0 saturated heterocycles. The normalized spacial score (nSPS) is 12.3. The summed E-state index contributed by atoms with van der Waals surface area (Å²) in [6.07, 6.45) is 0. The third kappa shape index (κ3) is 3.09. The fraction of sp³-hybridized carbons (Fsp3) is 0.0909. The molecule has 2 N–H and O–H groups in total. The first-order valence-corrected chi connectivity index (χ1v) is 8.73. The minimum atomic E-state index is -0.404. The van der Waals surface area contributed by atoms with E-state index < -0.39 is 5.82 Å². The zero-order chi connectivity index (χ0) is 19.7. The first-order chi connectivity index (χ1) is 13.6. The van der Waals surface area contributed by atoms with Crippen molar-refractivity contribution in [2.75, 3.05) is 12.4 Å². The van der Waals surface area contributed by atoms with E-state index >= 15 is 0 Å². The van der Waals surface area contributed by atoms with Crippen molar-refractivity contribution in [2.24, 2.45) is 0 Å². The number of nitrogens with one attached hydrogen (secondary N) is 2. The third-order valence-corrected chi connectivity index (χ3v) is 4.70. The fourth-order valence-corrected chi connectivity index (χ4v) is 3.38. The topological polar surface area (TPSA) is 67.4 Å². The van der Waals surface area contributed by atoms with Crippen LogP contribution in [0.25, 0.3) is 11.1 Å². The number of fused-ring (bicyclic) bond motifs is 1. The summed E-state index contributed by atoms with van der Waals surface area (Å²) < 4.78 is 18.9. The Bertz CT molecular complexity index is 1080. The number of benzene rings is 3. The highest BCUT2D eigenvalue weighted by Gasteiger charge is 2.27. The van der Waals surface area contributed by atoms with Gasteiger partial charge in [-0.15, -0.1) is 0 Å². The average molecular weight is 376 g/mol. The summed E-state index contributed by atoms with van der Waals surface area (Å²) >= 11 is 0. The maximum absolute atomic E-state index is 13.6. The van der Waals surface area contributed by atoms with E-state index in [9.17, 15) is 14.0 Å². The molecule has 1 heterocycles. The van der Waals surface area contributed by atoms with E-state index in [1.807, 2.05) is 6.07 Å². The molecular weight excluding hydrogens is 359 g/mol. The number of halogens is 1. The molecule has 4 rings (SSSR count). The molecule has 0 spiro atoms. The Hall–Kier alpha value is -3.67. The van der Waals surface area contributed by atoms with Crippen molar-refractivity contribution in [1.29, 1.82) is 0 Å². The summed E-state index contributed by atoms with van der Waals surface area (Å²) in [5.74, 6) is -0.586. The molecule has 28 heavy (non-hydrogen) atoms. The Balaban J connectivity index is 1.78. The van der Waals surface area contributed by atoms with E-state index in [-0.39, 0.29) is 11.8 Å². The maximum atomic E-state index is 13.6. The van der Waals surface area contributed by atoms with Gasteiger partial charge in [0.15, 0.2) is 0 Å². The molecule has 2 amide bonds. The van der Waals surface area contributed by atoms with Gasteiger partial charge in [0.2, 0.25) is 0 Å². The standard InChI is InChI=1S/C22H17FN2O3/c1-28-19-11-14(23)7-8-16(19)15-9-10-18(20-17(15)12-24-22(20)27)25-21(26)13-5-3-2-4-6-13/h2-11H,12H2,1H3,(H,24,27)(H,25,26). The van der Waals surface area contributed by atoms with Gasteiger partial charge in [0.1, 0.15) is 11.6 Å². The van der Waals surface area contributed by atoms with Gasteiger partial charge in [0, 0.05) is 23.7 Å². The van der Waals surface area contributed by atoms with Crippen LogP contribution in [0.4, 0.5) is 10.1 Å². The first-order valence-electron chi connectivity index (χ1n) is 8.73. The Morgan fingerprint density at radius 3 is 2.57 bits per heavy atom. The van der Waals surface area contributed by atoms with Crippen molar-refractivity contribution in [2.45, 2.75) is 6.54 Å². The number of carbonyl (C=O) groups is 2. The zero-order valence-corrected chi connectivity index (χ0v) is 15.1. The van der Waals surface area contributed by atoms with Gasteiger partial charge in [-0.25, -0.2) is 4.39 Å². The Morgan fingerprint density at radius 1 is 1.07 bits per heavy atom. The molecule has 140 valence electrons. The van der Waals surface area contributed by atoms with E-state index in [1.165, 1.54) is 19.2 Å². The number of rotatable bonds is 4. The van der Waals surface area contributed by atoms with Crippen molar-refractivity contribution in [3.05, 3.63) is 83.2 Å². The van der Waals surface area contributed by atoms with E-state index in [1.54, 1.807) is 42.5 Å². The molecule has 3 aromatic rings. The molecule has 0 bridgehead atoms. The molecule has 0 aliphatic carbocycles. The van der Waals surface area contributed by atoms with Crippen LogP contribution < -0.4 is 15.4 Å². The molecule has 0 unspecified atom stereocenters. The van der Waals surface area contributed by atoms with Gasteiger partial charge >= 0.3 is 0 Å². The van der Waals surface area contributed by atoms with Crippen molar-refractivity contribution < 1.29 is 18.7 Å². The van der Waals surface area contributed by atoms with Crippen LogP contribution in [0.2, 0.25) is 0 Å². The Kier molecular flexibility index (Phi) is 4.53. The van der Waals surface area contributed by atoms with Crippen LogP contribution in [0.5, 0.6) is 5.75 Å². The van der Waals surface area contributed by atoms with Crippen molar-refractivity contribution in [3.8, 4) is 16.9 Å². The summed E-state index contributed by atoms with van der Waals surface area (Å²) in [6.45, 7) is 0.319. The van der Waals surface area contributed by atoms with Gasteiger partial charge in [0.05, 0.1) is 18.4 Å². The van der Waals surface area contributed by atoms with Crippen LogP contribution in [0, 0.1) is 5.82 Å². The third-order valence-electron chi connectivity index (χ3n) is 4.70. The van der Waals surface area contributed by atoms with Crippen LogP contribution in [0.15, 0.2) is 60.7 Å². The predicted molar refractivity (Wildman–Crippen MR) is 104 cm³/mol. The highest BCUT2D eigenvalue weighted by Crippen LogP contribution is 2.38. The molecular formula is C22H17FN2O3. The molecule has 0 fully saturated rings. The molecule has 0 aromatic heterocycles. The number of hydrogen-bond donors (Lipinski definition) is 2. The highest BCUT2D eigenvalue weighted by atomic mass is 19.1. The maximum Gasteiger partial charge on any atom is 0.255 e. The van der Waals surface area contributed by atoms with Gasteiger partial charge in [0.25, 0.3) is 11.8 Å². The number of methoxy groups -OCH3 is 1. The minimum absolute atomic E-state index is 0.263. The zero-order valence-electron chi connectivity index (χ0n) is 15.1. The minimum Gasteiger partial charge on any atom is -0.496 e. The summed E-state index contributed by atoms with van der Waals surface area (Å²) in [5.41, 5.74) is 3.51. The number of amides is 2. The number of carbonyl (C=O) groups excluding carboxylic acids is 2. The van der Waals surface area contributed by atoms with Crippen LogP contribution in [0.3, 0.4) is 0 Å². The van der Waals surface area contributed by atoms with Crippen LogP contribution >= 0.6 is 0 Å². The molecule has 3 aromatic carbocycles. The van der Waals surface area contributed by atoms with E-state index in [0.29, 0.717) is 34.7 Å². The van der Waals surface area contributed by atoms with E-state index in [0.717, 1.165) is 11.1 Å². The van der Waals surface area contributed by atoms with Gasteiger partial charge in [-0.3, -0.25) is 9.59 Å². The fourth-order valence-electron chi connectivity index (χ4n) is 3.38. The first kappa shape index (κ1) is 17.7. The summed E-state index contributed by atoms with van der Waals surface area (Å²) in [6, 6.07) is 16.5. The quantitative estimate of drug-likeness (QED) is 0.723. The second kappa shape index (κ2) is 7.15. The lowest BCUT2D eigenvalue weighted by Crippen LogP contribution is -2.17. The Morgan fingerprint density at radius 2 is 1.82 bits per heavy atom. The van der Waals surface area contributed by atoms with Gasteiger partial charge in [-0.1, -0.05) is 24.3 Å². The average Bonchev–Trinajstić information content (AvgIpc) is 3.11. The largest absolute Gasteiger partial charge is 0.496 e. The lowest BCUT2D eigenvalue weighted by molar-refractivity contribution is 0.0966. The van der Waals surface area contributed by atoms with Gasteiger partial charge in [-0.05, 0) is 41.5 Å². The molecule has 0 radical (unpaired) electrons. The monoisotopic (exact) mass is 376 g/mol. The van der Waals surface area contributed by atoms with Crippen LogP contribution in [-0.2, 0) is 6.54 Å². The molecule has 1 aliphatic heterocycles. The summed E-state index contributed by atoms with van der Waals surface area (Å²) in [7, 11) is 1.47. The van der Waals surface area contributed by atoms with Crippen molar-refractivity contribution in [1.82, 2.24) is 5.32 Å². The number of hydrogen-bond acceptors (Lipinski definition) is 3. The molecule has 5 nitrogen and oxygen atoms in total. The summed E-state index contributed by atoms with van der Waals surface area (Å²) in [4.78, 5) is 25.0. The van der Waals surface area contributed by atoms with Crippen LogP contribution in [0.1, 0.15) is 26.3 Å². The predicted octanol–water partition coefficient (Wildman–Crippen LogP) is 4.00. The molecule has 1 aliphatic rings. The second-order valence-electron chi connectivity index (χ2n) is 6.36. The molecule has 6 heteroatoms.